The molecule has 2 amide bonds. The molecule has 0 aliphatic carbocycles. The van der Waals surface area contributed by atoms with Gasteiger partial charge in [-0.25, -0.2) is 0 Å². The monoisotopic (exact) mass is 316 g/mol. The van der Waals surface area contributed by atoms with E-state index < -0.39 is 6.04 Å². The quantitative estimate of drug-likeness (QED) is 0.817. The molecule has 2 aromatic rings. The van der Waals surface area contributed by atoms with Crippen LogP contribution in [0.2, 0.25) is 0 Å². The fraction of sp³-hybridized carbons (Fsp3) is 0.294. The summed E-state index contributed by atoms with van der Waals surface area (Å²) in [6, 6.07) is 8.68. The molecule has 2 rings (SSSR count). The van der Waals surface area contributed by atoms with E-state index in [9.17, 15) is 9.59 Å². The standard InChI is InChI=1S/C17H20N2O4/c1-12(19-17(21)15-6-7-23-11-15)16(20)18-9-13-4-3-5-14(8-13)10-22-2/h3-8,11-12H,9-10H2,1-2H3,(H,18,20)(H,19,21)/t12-/m1/s1. The number of hydrogen-bond acceptors (Lipinski definition) is 4. The molecule has 0 spiro atoms. The number of benzene rings is 1. The first-order chi connectivity index (χ1) is 11.1. The SMILES string of the molecule is COCc1cccc(CNC(=O)[C@@H](C)NC(=O)c2ccoc2)c1. The summed E-state index contributed by atoms with van der Waals surface area (Å²) in [7, 11) is 1.64. The van der Waals surface area contributed by atoms with Gasteiger partial charge in [0, 0.05) is 13.7 Å². The molecule has 1 atom stereocenters. The topological polar surface area (TPSA) is 80.6 Å². The van der Waals surface area contributed by atoms with Crippen LogP contribution in [0.15, 0.2) is 47.3 Å². The Morgan fingerprint density at radius 2 is 2.04 bits per heavy atom. The number of carbonyl (C=O) groups excluding carboxylic acids is 2. The van der Waals surface area contributed by atoms with E-state index >= 15 is 0 Å². The minimum absolute atomic E-state index is 0.251. The number of rotatable bonds is 7. The van der Waals surface area contributed by atoms with Crippen LogP contribution in [-0.2, 0) is 22.7 Å². The van der Waals surface area contributed by atoms with Gasteiger partial charge >= 0.3 is 0 Å². The van der Waals surface area contributed by atoms with Gasteiger partial charge in [-0.1, -0.05) is 24.3 Å². The molecule has 6 nitrogen and oxygen atoms in total. The minimum Gasteiger partial charge on any atom is -0.472 e. The van der Waals surface area contributed by atoms with E-state index in [0.29, 0.717) is 18.7 Å². The van der Waals surface area contributed by atoms with Crippen molar-refractivity contribution in [2.45, 2.75) is 26.1 Å². The van der Waals surface area contributed by atoms with Crippen molar-refractivity contribution >= 4 is 11.8 Å². The largest absolute Gasteiger partial charge is 0.472 e. The molecule has 0 bridgehead atoms. The smallest absolute Gasteiger partial charge is 0.255 e. The molecule has 6 heteroatoms. The van der Waals surface area contributed by atoms with Crippen LogP contribution in [0.1, 0.15) is 28.4 Å². The summed E-state index contributed by atoms with van der Waals surface area (Å²) < 4.78 is 9.93. The zero-order valence-electron chi connectivity index (χ0n) is 13.2. The summed E-state index contributed by atoms with van der Waals surface area (Å²) in [6.45, 7) is 2.55. The van der Waals surface area contributed by atoms with Crippen molar-refractivity contribution < 1.29 is 18.7 Å². The van der Waals surface area contributed by atoms with Gasteiger partial charge in [0.05, 0.1) is 18.4 Å². The third-order valence-corrected chi connectivity index (χ3v) is 3.29. The van der Waals surface area contributed by atoms with Crippen molar-refractivity contribution in [3.05, 3.63) is 59.5 Å². The first-order valence-corrected chi connectivity index (χ1v) is 7.27. The average molecular weight is 316 g/mol. The number of methoxy groups -OCH3 is 1. The van der Waals surface area contributed by atoms with Crippen LogP contribution in [0, 0.1) is 0 Å². The summed E-state index contributed by atoms with van der Waals surface area (Å²) in [6.07, 6.45) is 2.74. The third-order valence-electron chi connectivity index (χ3n) is 3.29. The van der Waals surface area contributed by atoms with Crippen molar-refractivity contribution in [2.75, 3.05) is 7.11 Å². The van der Waals surface area contributed by atoms with Crippen LogP contribution in [0.3, 0.4) is 0 Å². The highest BCUT2D eigenvalue weighted by Gasteiger charge is 2.16. The molecule has 0 aliphatic rings. The number of hydrogen-bond donors (Lipinski definition) is 2. The molecular formula is C17H20N2O4. The van der Waals surface area contributed by atoms with Gasteiger partial charge in [-0.2, -0.15) is 0 Å². The zero-order valence-corrected chi connectivity index (χ0v) is 13.2. The third kappa shape index (κ3) is 4.96. The number of nitrogens with one attached hydrogen (secondary N) is 2. The fourth-order valence-electron chi connectivity index (χ4n) is 2.08. The summed E-state index contributed by atoms with van der Waals surface area (Å²) in [5.41, 5.74) is 2.40. The van der Waals surface area contributed by atoms with E-state index in [1.807, 2.05) is 24.3 Å². The molecule has 0 fully saturated rings. The van der Waals surface area contributed by atoms with Crippen LogP contribution in [0.4, 0.5) is 0 Å². The first kappa shape index (κ1) is 16.8. The van der Waals surface area contributed by atoms with Gasteiger partial charge in [0.15, 0.2) is 0 Å². The van der Waals surface area contributed by atoms with Gasteiger partial charge in [-0.05, 0) is 24.1 Å². The van der Waals surface area contributed by atoms with Gasteiger partial charge in [0.1, 0.15) is 12.3 Å². The van der Waals surface area contributed by atoms with E-state index in [-0.39, 0.29) is 11.8 Å². The highest BCUT2D eigenvalue weighted by Crippen LogP contribution is 2.06. The van der Waals surface area contributed by atoms with Crippen LogP contribution in [0.5, 0.6) is 0 Å². The van der Waals surface area contributed by atoms with E-state index in [4.69, 9.17) is 9.15 Å². The van der Waals surface area contributed by atoms with Crippen molar-refractivity contribution in [3.63, 3.8) is 0 Å². The van der Waals surface area contributed by atoms with Gasteiger partial charge in [0.25, 0.3) is 5.91 Å². The minimum atomic E-state index is -0.639. The number of amides is 2. The predicted molar refractivity (Wildman–Crippen MR) is 84.6 cm³/mol. The lowest BCUT2D eigenvalue weighted by Crippen LogP contribution is -2.44. The molecule has 0 saturated carbocycles. The van der Waals surface area contributed by atoms with E-state index in [2.05, 4.69) is 10.6 Å². The van der Waals surface area contributed by atoms with Gasteiger partial charge in [-0.15, -0.1) is 0 Å². The maximum absolute atomic E-state index is 12.1. The fourth-order valence-corrected chi connectivity index (χ4v) is 2.08. The summed E-state index contributed by atoms with van der Waals surface area (Å²) >= 11 is 0. The number of ether oxygens (including phenoxy) is 1. The molecule has 122 valence electrons. The molecule has 1 heterocycles. The second-order valence-corrected chi connectivity index (χ2v) is 5.18. The lowest BCUT2D eigenvalue weighted by Gasteiger charge is -2.14. The predicted octanol–water partition coefficient (Wildman–Crippen LogP) is 1.86. The van der Waals surface area contributed by atoms with Gasteiger partial charge in [-0.3, -0.25) is 9.59 Å². The van der Waals surface area contributed by atoms with Gasteiger partial charge in [0.2, 0.25) is 5.91 Å². The Hall–Kier alpha value is -2.60. The molecule has 23 heavy (non-hydrogen) atoms. The van der Waals surface area contributed by atoms with Crippen molar-refractivity contribution in [1.82, 2.24) is 10.6 Å². The lowest BCUT2D eigenvalue weighted by molar-refractivity contribution is -0.122. The molecule has 0 aliphatic heterocycles. The molecular weight excluding hydrogens is 296 g/mol. The number of furan rings is 1. The maximum Gasteiger partial charge on any atom is 0.255 e. The van der Waals surface area contributed by atoms with Crippen molar-refractivity contribution in [2.24, 2.45) is 0 Å². The Labute approximate surface area is 134 Å². The second kappa shape index (κ2) is 8.14. The normalized spacial score (nSPS) is 11.7. The molecule has 0 saturated heterocycles. The highest BCUT2D eigenvalue weighted by atomic mass is 16.5. The maximum atomic E-state index is 12.1. The van der Waals surface area contributed by atoms with Crippen LogP contribution >= 0.6 is 0 Å². The van der Waals surface area contributed by atoms with E-state index in [0.717, 1.165) is 11.1 Å². The summed E-state index contributed by atoms with van der Waals surface area (Å²) in [5, 5.41) is 5.42. The first-order valence-electron chi connectivity index (χ1n) is 7.27. The summed E-state index contributed by atoms with van der Waals surface area (Å²) in [4.78, 5) is 23.9. The Morgan fingerprint density at radius 1 is 1.26 bits per heavy atom. The average Bonchev–Trinajstić information content (AvgIpc) is 3.08. The Morgan fingerprint density at radius 3 is 2.74 bits per heavy atom. The van der Waals surface area contributed by atoms with Crippen LogP contribution < -0.4 is 10.6 Å². The Balaban J connectivity index is 1.84. The second-order valence-electron chi connectivity index (χ2n) is 5.18. The zero-order chi connectivity index (χ0) is 16.7. The molecule has 1 aromatic carbocycles. The Kier molecular flexibility index (Phi) is 5.94. The van der Waals surface area contributed by atoms with Gasteiger partial charge < -0.3 is 19.8 Å². The molecule has 1 aromatic heterocycles. The summed E-state index contributed by atoms with van der Waals surface area (Å²) in [5.74, 6) is -0.595. The molecule has 0 radical (unpaired) electrons. The van der Waals surface area contributed by atoms with E-state index in [1.54, 1.807) is 20.1 Å². The van der Waals surface area contributed by atoms with Crippen molar-refractivity contribution in [1.29, 1.82) is 0 Å². The number of carbonyl (C=O) groups is 2. The van der Waals surface area contributed by atoms with Crippen LogP contribution in [-0.4, -0.2) is 25.0 Å². The highest BCUT2D eigenvalue weighted by molar-refractivity contribution is 5.97. The molecule has 2 N–H and O–H groups in total. The Bertz CT molecular complexity index is 652. The van der Waals surface area contributed by atoms with E-state index in [1.165, 1.54) is 12.5 Å². The molecule has 0 unspecified atom stereocenters. The lowest BCUT2D eigenvalue weighted by atomic mass is 10.1. The van der Waals surface area contributed by atoms with Crippen LogP contribution in [0.25, 0.3) is 0 Å². The van der Waals surface area contributed by atoms with Crippen molar-refractivity contribution in [3.8, 4) is 0 Å².